The first-order chi connectivity index (χ1) is 14.2. The Morgan fingerprint density at radius 1 is 0.724 bits per heavy atom. The number of carbonyl (C=O) groups is 2. The Balaban J connectivity index is 1.22. The smallest absolute Gasteiger partial charge is 0.331 e. The van der Waals surface area contributed by atoms with Crippen molar-refractivity contribution in [2.75, 3.05) is 6.61 Å². The second kappa shape index (κ2) is 11.8. The zero-order chi connectivity index (χ0) is 20.5. The molecule has 0 unspecified atom stereocenters. The Kier molecular flexibility index (Phi) is 9.07. The SMILES string of the molecule is CCCCCCCCCCCOC(=O)/C=C/C(=O)OC1C2CC3CC(C2)CC1C3. The molecule has 4 rings (SSSR count). The molecular weight excluding hydrogens is 364 g/mol. The molecule has 29 heavy (non-hydrogen) atoms. The van der Waals surface area contributed by atoms with E-state index in [0.717, 1.165) is 24.7 Å². The van der Waals surface area contributed by atoms with Gasteiger partial charge in [-0.2, -0.15) is 0 Å². The fourth-order valence-corrected chi connectivity index (χ4v) is 6.01. The molecule has 4 heteroatoms. The predicted molar refractivity (Wildman–Crippen MR) is 114 cm³/mol. The largest absolute Gasteiger partial charge is 0.463 e. The van der Waals surface area contributed by atoms with Crippen LogP contribution in [0.5, 0.6) is 0 Å². The standard InChI is InChI=1S/C25H40O4/c1-2-3-4-5-6-7-8-9-10-13-28-23(26)11-12-24(27)29-25-21-15-19-14-20(17-21)18-22(25)16-19/h11-12,19-22,25H,2-10,13-18H2,1H3/b12-11+. The molecule has 0 aliphatic heterocycles. The number of carbonyl (C=O) groups excluding carboxylic acids is 2. The van der Waals surface area contributed by atoms with Crippen molar-refractivity contribution in [3.05, 3.63) is 12.2 Å². The molecule has 4 fully saturated rings. The normalized spacial score (nSPS) is 30.0. The molecule has 0 radical (unpaired) electrons. The summed E-state index contributed by atoms with van der Waals surface area (Å²) in [6.07, 6.45) is 19.9. The molecular formula is C25H40O4. The van der Waals surface area contributed by atoms with E-state index in [1.54, 1.807) is 0 Å². The van der Waals surface area contributed by atoms with Crippen molar-refractivity contribution < 1.29 is 19.1 Å². The molecule has 0 heterocycles. The van der Waals surface area contributed by atoms with E-state index in [4.69, 9.17) is 9.47 Å². The Labute approximate surface area is 176 Å². The van der Waals surface area contributed by atoms with Gasteiger partial charge in [-0.15, -0.1) is 0 Å². The maximum absolute atomic E-state index is 12.2. The summed E-state index contributed by atoms with van der Waals surface area (Å²) in [7, 11) is 0. The first-order valence-corrected chi connectivity index (χ1v) is 12.2. The van der Waals surface area contributed by atoms with Gasteiger partial charge in [0.2, 0.25) is 0 Å². The summed E-state index contributed by atoms with van der Waals surface area (Å²) in [5.74, 6) is 1.98. The van der Waals surface area contributed by atoms with E-state index in [-0.39, 0.29) is 12.1 Å². The lowest BCUT2D eigenvalue weighted by atomic mass is 9.55. The quantitative estimate of drug-likeness (QED) is 0.215. The lowest BCUT2D eigenvalue weighted by molar-refractivity contribution is -0.165. The molecule has 4 aliphatic rings. The molecule has 164 valence electrons. The molecule has 0 aromatic carbocycles. The van der Waals surface area contributed by atoms with E-state index in [1.165, 1.54) is 89.2 Å². The van der Waals surface area contributed by atoms with E-state index in [1.807, 2.05) is 0 Å². The Morgan fingerprint density at radius 3 is 1.83 bits per heavy atom. The first-order valence-electron chi connectivity index (χ1n) is 12.2. The highest BCUT2D eigenvalue weighted by molar-refractivity contribution is 5.91. The average Bonchev–Trinajstić information content (AvgIpc) is 2.70. The highest BCUT2D eigenvalue weighted by Gasteiger charge is 2.49. The topological polar surface area (TPSA) is 52.6 Å². The summed E-state index contributed by atoms with van der Waals surface area (Å²) in [4.78, 5) is 24.0. The van der Waals surface area contributed by atoms with Crippen LogP contribution < -0.4 is 0 Å². The van der Waals surface area contributed by atoms with Gasteiger partial charge in [-0.3, -0.25) is 0 Å². The van der Waals surface area contributed by atoms with Crippen LogP contribution in [0.2, 0.25) is 0 Å². The van der Waals surface area contributed by atoms with Crippen molar-refractivity contribution >= 4 is 11.9 Å². The van der Waals surface area contributed by atoms with Crippen LogP contribution in [0.3, 0.4) is 0 Å². The fourth-order valence-electron chi connectivity index (χ4n) is 6.01. The van der Waals surface area contributed by atoms with Gasteiger partial charge in [0.15, 0.2) is 0 Å². The van der Waals surface area contributed by atoms with Gasteiger partial charge >= 0.3 is 11.9 Å². The van der Waals surface area contributed by atoms with Gasteiger partial charge < -0.3 is 9.47 Å². The van der Waals surface area contributed by atoms with Crippen LogP contribution in [0.15, 0.2) is 12.2 Å². The molecule has 0 spiro atoms. The van der Waals surface area contributed by atoms with Gasteiger partial charge in [0, 0.05) is 12.2 Å². The maximum Gasteiger partial charge on any atom is 0.331 e. The highest BCUT2D eigenvalue weighted by atomic mass is 16.5. The summed E-state index contributed by atoms with van der Waals surface area (Å²) < 4.78 is 11.0. The van der Waals surface area contributed by atoms with Gasteiger partial charge in [-0.05, 0) is 62.2 Å². The maximum atomic E-state index is 12.2. The van der Waals surface area contributed by atoms with Crippen LogP contribution in [0.4, 0.5) is 0 Å². The molecule has 0 N–H and O–H groups in total. The van der Waals surface area contributed by atoms with Crippen LogP contribution in [-0.4, -0.2) is 24.6 Å². The van der Waals surface area contributed by atoms with Crippen LogP contribution in [0.1, 0.15) is 96.8 Å². The highest BCUT2D eigenvalue weighted by Crippen LogP contribution is 2.54. The van der Waals surface area contributed by atoms with Crippen LogP contribution in [0.25, 0.3) is 0 Å². The summed E-state index contributed by atoms with van der Waals surface area (Å²) in [6.45, 7) is 2.67. The van der Waals surface area contributed by atoms with Gasteiger partial charge in [-0.25, -0.2) is 9.59 Å². The van der Waals surface area contributed by atoms with Crippen molar-refractivity contribution in [1.82, 2.24) is 0 Å². The number of esters is 2. The number of unbranched alkanes of at least 4 members (excludes halogenated alkanes) is 8. The van der Waals surface area contributed by atoms with Crippen LogP contribution in [-0.2, 0) is 19.1 Å². The van der Waals surface area contributed by atoms with E-state index in [0.29, 0.717) is 18.4 Å². The summed E-state index contributed by atoms with van der Waals surface area (Å²) in [5, 5.41) is 0. The zero-order valence-corrected chi connectivity index (χ0v) is 18.3. The zero-order valence-electron chi connectivity index (χ0n) is 18.3. The molecule has 0 saturated heterocycles. The van der Waals surface area contributed by atoms with Gasteiger partial charge in [0.1, 0.15) is 6.10 Å². The molecule has 0 atom stereocenters. The third-order valence-corrected chi connectivity index (χ3v) is 7.24. The Morgan fingerprint density at radius 2 is 1.24 bits per heavy atom. The second-order valence-electron chi connectivity index (χ2n) is 9.66. The lowest BCUT2D eigenvalue weighted by Gasteiger charge is -2.53. The van der Waals surface area contributed by atoms with E-state index in [9.17, 15) is 9.59 Å². The minimum absolute atomic E-state index is 0.0675. The Hall–Kier alpha value is -1.32. The molecule has 4 nitrogen and oxygen atoms in total. The van der Waals surface area contributed by atoms with Gasteiger partial charge in [0.25, 0.3) is 0 Å². The van der Waals surface area contributed by atoms with Gasteiger partial charge in [0.05, 0.1) is 6.61 Å². The van der Waals surface area contributed by atoms with E-state index in [2.05, 4.69) is 6.92 Å². The fraction of sp³-hybridized carbons (Fsp3) is 0.840. The summed E-state index contributed by atoms with van der Waals surface area (Å²) in [5.41, 5.74) is 0. The number of ether oxygens (including phenoxy) is 2. The molecule has 0 aromatic heterocycles. The minimum atomic E-state index is -0.438. The summed E-state index contributed by atoms with van der Waals surface area (Å²) in [6, 6.07) is 0. The van der Waals surface area contributed by atoms with E-state index >= 15 is 0 Å². The number of hydrogen-bond acceptors (Lipinski definition) is 4. The Bertz CT molecular complexity index is 525. The van der Waals surface area contributed by atoms with Crippen LogP contribution >= 0.6 is 0 Å². The molecule has 0 aromatic rings. The minimum Gasteiger partial charge on any atom is -0.463 e. The summed E-state index contributed by atoms with van der Waals surface area (Å²) >= 11 is 0. The van der Waals surface area contributed by atoms with Crippen molar-refractivity contribution in [3.8, 4) is 0 Å². The van der Waals surface area contributed by atoms with Gasteiger partial charge in [-0.1, -0.05) is 58.3 Å². The molecule has 4 saturated carbocycles. The lowest BCUT2D eigenvalue weighted by Crippen LogP contribution is -2.49. The van der Waals surface area contributed by atoms with Crippen molar-refractivity contribution in [2.45, 2.75) is 103 Å². The van der Waals surface area contributed by atoms with Crippen molar-refractivity contribution in [3.63, 3.8) is 0 Å². The monoisotopic (exact) mass is 404 g/mol. The number of rotatable bonds is 13. The third kappa shape index (κ3) is 7.15. The molecule has 4 bridgehead atoms. The average molecular weight is 405 g/mol. The predicted octanol–water partition coefficient (Wildman–Crippen LogP) is 5.98. The van der Waals surface area contributed by atoms with Crippen molar-refractivity contribution in [1.29, 1.82) is 0 Å². The third-order valence-electron chi connectivity index (χ3n) is 7.24. The van der Waals surface area contributed by atoms with E-state index < -0.39 is 5.97 Å². The van der Waals surface area contributed by atoms with Crippen molar-refractivity contribution in [2.24, 2.45) is 23.7 Å². The molecule has 4 aliphatic carbocycles. The number of hydrogen-bond donors (Lipinski definition) is 0. The van der Waals surface area contributed by atoms with Crippen LogP contribution in [0, 0.1) is 23.7 Å². The first kappa shape index (κ1) is 22.4. The second-order valence-corrected chi connectivity index (χ2v) is 9.66. The molecule has 0 amide bonds.